The Morgan fingerprint density at radius 1 is 1.00 bits per heavy atom. The molecule has 0 aromatic heterocycles. The maximum Gasteiger partial charge on any atom is 0.416 e. The van der Waals surface area contributed by atoms with Crippen LogP contribution in [0.2, 0.25) is 0 Å². The molecular weight excluding hydrogens is 357 g/mol. The summed E-state index contributed by atoms with van der Waals surface area (Å²) in [5, 5.41) is 5.40. The lowest BCUT2D eigenvalue weighted by Gasteiger charge is -2.11. The molecule has 4 nitrogen and oxygen atoms in total. The summed E-state index contributed by atoms with van der Waals surface area (Å²) in [6.07, 6.45) is -2.89. The number of hydrogen-bond donors (Lipinski definition) is 2. The van der Waals surface area contributed by atoms with Crippen molar-refractivity contribution in [1.82, 2.24) is 5.32 Å². The van der Waals surface area contributed by atoms with Gasteiger partial charge in [0.15, 0.2) is 0 Å². The van der Waals surface area contributed by atoms with Gasteiger partial charge in [-0.05, 0) is 36.6 Å². The van der Waals surface area contributed by atoms with Crippen molar-refractivity contribution in [3.63, 3.8) is 0 Å². The van der Waals surface area contributed by atoms with Crippen LogP contribution >= 0.6 is 0 Å². The van der Waals surface area contributed by atoms with E-state index >= 15 is 0 Å². The molecule has 0 radical (unpaired) electrons. The van der Waals surface area contributed by atoms with E-state index in [0.29, 0.717) is 26.2 Å². The van der Waals surface area contributed by atoms with Crippen molar-refractivity contribution in [2.75, 3.05) is 31.6 Å². The Bertz CT molecular complexity index is 706. The van der Waals surface area contributed by atoms with Crippen LogP contribution in [0.15, 0.2) is 54.6 Å². The van der Waals surface area contributed by atoms with Crippen LogP contribution in [0.25, 0.3) is 0 Å². The van der Waals surface area contributed by atoms with Gasteiger partial charge in [0, 0.05) is 18.8 Å². The van der Waals surface area contributed by atoms with Crippen LogP contribution in [0.1, 0.15) is 17.5 Å². The maximum absolute atomic E-state index is 12.6. The smallest absolute Gasteiger partial charge is 0.381 e. The summed E-state index contributed by atoms with van der Waals surface area (Å²) in [7, 11) is 0. The number of alkyl halides is 3. The number of carbonyl (C=O) groups excluding carboxylic acids is 1. The molecular formula is C20H23F3N2O2. The van der Waals surface area contributed by atoms with E-state index in [0.717, 1.165) is 18.6 Å². The molecule has 0 aliphatic carbocycles. The lowest BCUT2D eigenvalue weighted by Crippen LogP contribution is -2.31. The van der Waals surface area contributed by atoms with E-state index in [4.69, 9.17) is 4.74 Å². The Morgan fingerprint density at radius 2 is 1.78 bits per heavy atom. The number of ether oxygens (including phenoxy) is 1. The third-order valence-electron chi connectivity index (χ3n) is 3.81. The molecule has 7 heteroatoms. The summed E-state index contributed by atoms with van der Waals surface area (Å²) in [4.78, 5) is 11.7. The van der Waals surface area contributed by atoms with Gasteiger partial charge in [0.05, 0.1) is 18.7 Å². The zero-order chi connectivity index (χ0) is 19.5. The van der Waals surface area contributed by atoms with Crippen molar-refractivity contribution >= 4 is 11.6 Å². The fraction of sp³-hybridized carbons (Fsp3) is 0.350. The molecule has 0 heterocycles. The minimum absolute atomic E-state index is 0.0871. The van der Waals surface area contributed by atoms with E-state index in [-0.39, 0.29) is 18.1 Å². The Kier molecular flexibility index (Phi) is 8.13. The molecule has 0 unspecified atom stereocenters. The third-order valence-corrected chi connectivity index (χ3v) is 3.81. The second-order valence-electron chi connectivity index (χ2n) is 5.98. The molecule has 0 bridgehead atoms. The number of anilines is 1. The second kappa shape index (κ2) is 10.6. The van der Waals surface area contributed by atoms with Gasteiger partial charge in [0.25, 0.3) is 0 Å². The molecule has 1 amide bonds. The highest BCUT2D eigenvalue weighted by atomic mass is 19.4. The molecule has 0 aliphatic heterocycles. The lowest BCUT2D eigenvalue weighted by atomic mass is 10.2. The summed E-state index contributed by atoms with van der Waals surface area (Å²) >= 11 is 0. The van der Waals surface area contributed by atoms with Crippen LogP contribution in [0.3, 0.4) is 0 Å². The van der Waals surface area contributed by atoms with Gasteiger partial charge in [0.2, 0.25) is 5.91 Å². The fourth-order valence-electron chi connectivity index (χ4n) is 2.39. The number of hydrogen-bond acceptors (Lipinski definition) is 3. The molecule has 2 aromatic carbocycles. The van der Waals surface area contributed by atoms with Crippen LogP contribution in [0.5, 0.6) is 0 Å². The van der Waals surface area contributed by atoms with Crippen LogP contribution in [0.4, 0.5) is 18.9 Å². The first-order valence-corrected chi connectivity index (χ1v) is 8.74. The van der Waals surface area contributed by atoms with E-state index in [2.05, 4.69) is 10.6 Å². The van der Waals surface area contributed by atoms with Crippen molar-refractivity contribution in [3.8, 4) is 0 Å². The summed E-state index contributed by atoms with van der Waals surface area (Å²) < 4.78 is 43.4. The van der Waals surface area contributed by atoms with Crippen molar-refractivity contribution < 1.29 is 22.7 Å². The number of carbonyl (C=O) groups is 1. The predicted molar refractivity (Wildman–Crippen MR) is 98.5 cm³/mol. The van der Waals surface area contributed by atoms with Gasteiger partial charge in [-0.2, -0.15) is 13.2 Å². The van der Waals surface area contributed by atoms with Gasteiger partial charge in [-0.3, -0.25) is 4.79 Å². The lowest BCUT2D eigenvalue weighted by molar-refractivity contribution is -0.137. The Balaban J connectivity index is 1.55. The number of nitrogens with one attached hydrogen (secondary N) is 2. The highest BCUT2D eigenvalue weighted by Crippen LogP contribution is 2.30. The zero-order valence-corrected chi connectivity index (χ0v) is 14.9. The monoisotopic (exact) mass is 380 g/mol. The normalized spacial score (nSPS) is 11.2. The molecule has 0 aliphatic rings. The van der Waals surface area contributed by atoms with Gasteiger partial charge in [-0.15, -0.1) is 0 Å². The number of benzene rings is 2. The van der Waals surface area contributed by atoms with Gasteiger partial charge in [0.1, 0.15) is 0 Å². The first kappa shape index (κ1) is 20.8. The quantitative estimate of drug-likeness (QED) is 0.615. The molecule has 0 fully saturated rings. The molecule has 27 heavy (non-hydrogen) atoms. The van der Waals surface area contributed by atoms with Crippen molar-refractivity contribution in [2.24, 2.45) is 0 Å². The number of rotatable bonds is 10. The molecule has 0 atom stereocenters. The minimum Gasteiger partial charge on any atom is -0.381 e. The van der Waals surface area contributed by atoms with E-state index in [1.165, 1.54) is 17.7 Å². The standard InChI is InChI=1S/C20H23F3N2O2/c21-20(22,23)17-8-4-9-18(14-17)25-15-19(26)24-11-5-12-27-13-10-16-6-2-1-3-7-16/h1-4,6-9,14,25H,5,10-13,15H2,(H,24,26). The number of halogens is 3. The van der Waals surface area contributed by atoms with Gasteiger partial charge < -0.3 is 15.4 Å². The third kappa shape index (κ3) is 8.13. The molecule has 2 N–H and O–H groups in total. The highest BCUT2D eigenvalue weighted by molar-refractivity contribution is 5.80. The Morgan fingerprint density at radius 3 is 2.52 bits per heavy atom. The largest absolute Gasteiger partial charge is 0.416 e. The van der Waals surface area contributed by atoms with E-state index in [1.54, 1.807) is 0 Å². The molecule has 2 rings (SSSR count). The highest BCUT2D eigenvalue weighted by Gasteiger charge is 2.30. The first-order valence-electron chi connectivity index (χ1n) is 8.74. The van der Waals surface area contributed by atoms with E-state index < -0.39 is 11.7 Å². The SMILES string of the molecule is O=C(CNc1cccc(C(F)(F)F)c1)NCCCOCCc1ccccc1. The Hall–Kier alpha value is -2.54. The van der Waals surface area contributed by atoms with Crippen molar-refractivity contribution in [3.05, 3.63) is 65.7 Å². The topological polar surface area (TPSA) is 50.4 Å². The maximum atomic E-state index is 12.6. The predicted octanol–water partition coefficient (Wildman–Crippen LogP) is 3.88. The first-order chi connectivity index (χ1) is 12.9. The average Bonchev–Trinajstić information content (AvgIpc) is 2.66. The van der Waals surface area contributed by atoms with Gasteiger partial charge in [-0.25, -0.2) is 0 Å². The van der Waals surface area contributed by atoms with Crippen LogP contribution in [0, 0.1) is 0 Å². The fourth-order valence-corrected chi connectivity index (χ4v) is 2.39. The van der Waals surface area contributed by atoms with E-state index in [9.17, 15) is 18.0 Å². The summed E-state index contributed by atoms with van der Waals surface area (Å²) in [6, 6.07) is 14.8. The molecule has 2 aromatic rings. The van der Waals surface area contributed by atoms with Crippen molar-refractivity contribution in [2.45, 2.75) is 19.0 Å². The van der Waals surface area contributed by atoms with Crippen LogP contribution < -0.4 is 10.6 Å². The molecule has 0 spiro atoms. The van der Waals surface area contributed by atoms with Crippen LogP contribution in [-0.2, 0) is 22.1 Å². The molecule has 0 saturated heterocycles. The molecule has 146 valence electrons. The molecule has 0 saturated carbocycles. The summed E-state index contributed by atoms with van der Waals surface area (Å²) in [6.45, 7) is 1.52. The zero-order valence-electron chi connectivity index (χ0n) is 14.9. The Labute approximate surface area is 156 Å². The average molecular weight is 380 g/mol. The second-order valence-corrected chi connectivity index (χ2v) is 5.98. The van der Waals surface area contributed by atoms with Crippen molar-refractivity contribution in [1.29, 1.82) is 0 Å². The summed E-state index contributed by atoms with van der Waals surface area (Å²) in [5.41, 5.74) is 0.719. The van der Waals surface area contributed by atoms with E-state index in [1.807, 2.05) is 30.3 Å². The van der Waals surface area contributed by atoms with Gasteiger partial charge in [-0.1, -0.05) is 36.4 Å². The minimum atomic E-state index is -4.40. The van der Waals surface area contributed by atoms with Gasteiger partial charge >= 0.3 is 6.18 Å². The summed E-state index contributed by atoms with van der Waals surface area (Å²) in [5.74, 6) is -0.281. The van der Waals surface area contributed by atoms with Crippen LogP contribution in [-0.4, -0.2) is 32.2 Å². The number of amides is 1.